The number of nitrogens with zero attached hydrogens (tertiary/aromatic N) is 1. The van der Waals surface area contributed by atoms with Gasteiger partial charge in [-0.25, -0.2) is 0 Å². The Labute approximate surface area is 156 Å². The summed E-state index contributed by atoms with van der Waals surface area (Å²) in [6.45, 7) is 2.79. The predicted octanol–water partition coefficient (Wildman–Crippen LogP) is 2.58. The number of likely N-dealkylation sites (tertiary alicyclic amines) is 1. The summed E-state index contributed by atoms with van der Waals surface area (Å²) in [5.41, 5.74) is 0.643. The molecule has 0 bridgehead atoms. The molecule has 0 aliphatic carbocycles. The van der Waals surface area contributed by atoms with Crippen molar-refractivity contribution in [1.29, 1.82) is 0 Å². The van der Waals surface area contributed by atoms with Gasteiger partial charge in [0.25, 0.3) is 5.91 Å². The maximum Gasteiger partial charge on any atom is 0.258 e. The summed E-state index contributed by atoms with van der Waals surface area (Å²) in [4.78, 5) is 26.2. The molecule has 6 nitrogen and oxygen atoms in total. The van der Waals surface area contributed by atoms with Crippen LogP contribution in [0, 0.1) is 0 Å². The molecule has 7 heteroatoms. The van der Waals surface area contributed by atoms with E-state index in [-0.39, 0.29) is 23.7 Å². The third kappa shape index (κ3) is 5.34. The number of carbonyl (C=O) groups is 1. The number of nitrogens with one attached hydrogen (secondary N) is 1. The van der Waals surface area contributed by atoms with E-state index >= 15 is 0 Å². The predicted molar refractivity (Wildman–Crippen MR) is 98.3 cm³/mol. The van der Waals surface area contributed by atoms with Crippen LogP contribution in [0.3, 0.4) is 0 Å². The molecule has 0 spiro atoms. The Morgan fingerprint density at radius 3 is 2.65 bits per heavy atom. The molecule has 2 heterocycles. The van der Waals surface area contributed by atoms with Gasteiger partial charge in [-0.05, 0) is 43.6 Å². The molecule has 26 heavy (non-hydrogen) atoms. The van der Waals surface area contributed by atoms with E-state index in [1.54, 1.807) is 12.1 Å². The first-order chi connectivity index (χ1) is 12.6. The van der Waals surface area contributed by atoms with E-state index in [0.29, 0.717) is 23.9 Å². The van der Waals surface area contributed by atoms with Gasteiger partial charge in [-0.3, -0.25) is 14.5 Å². The summed E-state index contributed by atoms with van der Waals surface area (Å²) in [6, 6.07) is 8.61. The van der Waals surface area contributed by atoms with Crippen molar-refractivity contribution in [2.75, 3.05) is 19.7 Å². The van der Waals surface area contributed by atoms with Gasteiger partial charge in [0, 0.05) is 17.6 Å². The Bertz CT molecular complexity index is 798. The van der Waals surface area contributed by atoms with Crippen molar-refractivity contribution in [3.63, 3.8) is 0 Å². The summed E-state index contributed by atoms with van der Waals surface area (Å²) in [5, 5.41) is 3.36. The number of halogens is 1. The number of benzene rings is 1. The van der Waals surface area contributed by atoms with Crippen LogP contribution in [0.5, 0.6) is 5.75 Å². The third-order valence-electron chi connectivity index (χ3n) is 4.19. The highest BCUT2D eigenvalue weighted by Gasteiger charge is 2.14. The van der Waals surface area contributed by atoms with Crippen molar-refractivity contribution >= 4 is 17.5 Å². The smallest absolute Gasteiger partial charge is 0.258 e. The van der Waals surface area contributed by atoms with Crippen LogP contribution in [0.1, 0.15) is 24.2 Å². The van der Waals surface area contributed by atoms with Crippen molar-refractivity contribution in [2.45, 2.75) is 25.9 Å². The van der Waals surface area contributed by atoms with E-state index in [4.69, 9.17) is 20.8 Å². The molecule has 1 amide bonds. The molecule has 1 saturated heterocycles. The van der Waals surface area contributed by atoms with Gasteiger partial charge in [-0.1, -0.05) is 23.7 Å². The van der Waals surface area contributed by atoms with Gasteiger partial charge in [-0.15, -0.1) is 0 Å². The Hall–Kier alpha value is -2.31. The molecule has 0 radical (unpaired) electrons. The van der Waals surface area contributed by atoms with Crippen LogP contribution in [0.2, 0.25) is 5.02 Å². The van der Waals surface area contributed by atoms with Gasteiger partial charge in [0.1, 0.15) is 12.0 Å². The summed E-state index contributed by atoms with van der Waals surface area (Å²) < 4.78 is 10.7. The number of amides is 1. The summed E-state index contributed by atoms with van der Waals surface area (Å²) in [7, 11) is 0. The Morgan fingerprint density at radius 2 is 1.96 bits per heavy atom. The van der Waals surface area contributed by atoms with Crippen molar-refractivity contribution in [1.82, 2.24) is 10.2 Å². The fourth-order valence-electron chi connectivity index (χ4n) is 2.79. The Balaban J connectivity index is 1.46. The quantitative estimate of drug-likeness (QED) is 0.804. The molecule has 1 aliphatic rings. The first-order valence-electron chi connectivity index (χ1n) is 8.58. The fraction of sp³-hybridized carbons (Fsp3) is 0.368. The highest BCUT2D eigenvalue weighted by atomic mass is 35.5. The highest BCUT2D eigenvalue weighted by Crippen LogP contribution is 2.13. The minimum Gasteiger partial charge on any atom is -0.477 e. The highest BCUT2D eigenvalue weighted by molar-refractivity contribution is 6.30. The van der Waals surface area contributed by atoms with Crippen molar-refractivity contribution in [3.05, 3.63) is 63.2 Å². The van der Waals surface area contributed by atoms with Gasteiger partial charge in [0.05, 0.1) is 6.54 Å². The SMILES string of the molecule is O=C(COc1coc(CN2CCCC2)cc1=O)NCc1ccc(Cl)cc1. The molecule has 0 atom stereocenters. The van der Waals surface area contributed by atoms with E-state index in [0.717, 1.165) is 18.7 Å². The van der Waals surface area contributed by atoms with Gasteiger partial charge < -0.3 is 14.5 Å². The minimum atomic E-state index is -0.319. The second-order valence-corrected chi connectivity index (χ2v) is 6.69. The Kier molecular flexibility index (Phi) is 6.30. The number of rotatable bonds is 7. The lowest BCUT2D eigenvalue weighted by atomic mass is 10.2. The molecule has 1 aromatic heterocycles. The van der Waals surface area contributed by atoms with Crippen LogP contribution in [-0.2, 0) is 17.9 Å². The first-order valence-corrected chi connectivity index (χ1v) is 8.96. The average Bonchev–Trinajstić information content (AvgIpc) is 3.13. The lowest BCUT2D eigenvalue weighted by molar-refractivity contribution is -0.123. The maximum absolute atomic E-state index is 12.1. The van der Waals surface area contributed by atoms with Crippen LogP contribution in [0.25, 0.3) is 0 Å². The zero-order valence-electron chi connectivity index (χ0n) is 14.4. The summed E-state index contributed by atoms with van der Waals surface area (Å²) >= 11 is 5.82. The Morgan fingerprint density at radius 1 is 1.23 bits per heavy atom. The van der Waals surface area contributed by atoms with Gasteiger partial charge in [-0.2, -0.15) is 0 Å². The minimum absolute atomic E-state index is 0.0387. The van der Waals surface area contributed by atoms with Crippen molar-refractivity contribution in [3.8, 4) is 5.75 Å². The molecular weight excluding hydrogens is 356 g/mol. The normalized spacial score (nSPS) is 14.3. The van der Waals surface area contributed by atoms with E-state index < -0.39 is 0 Å². The number of carbonyl (C=O) groups excluding carboxylic acids is 1. The molecule has 138 valence electrons. The molecule has 1 fully saturated rings. The first kappa shape index (κ1) is 18.5. The largest absolute Gasteiger partial charge is 0.477 e. The van der Waals surface area contributed by atoms with E-state index in [9.17, 15) is 9.59 Å². The number of ether oxygens (including phenoxy) is 1. The average molecular weight is 377 g/mol. The molecule has 0 saturated carbocycles. The van der Waals surface area contributed by atoms with Gasteiger partial charge >= 0.3 is 0 Å². The molecule has 2 aromatic rings. The zero-order valence-corrected chi connectivity index (χ0v) is 15.1. The molecule has 0 unspecified atom stereocenters. The number of hydrogen-bond acceptors (Lipinski definition) is 5. The van der Waals surface area contributed by atoms with Crippen LogP contribution in [0.15, 0.2) is 45.8 Å². The van der Waals surface area contributed by atoms with Crippen LogP contribution in [0.4, 0.5) is 0 Å². The monoisotopic (exact) mass is 376 g/mol. The van der Waals surface area contributed by atoms with Crippen molar-refractivity contribution in [2.24, 2.45) is 0 Å². The van der Waals surface area contributed by atoms with E-state index in [1.165, 1.54) is 25.2 Å². The topological polar surface area (TPSA) is 71.8 Å². The third-order valence-corrected chi connectivity index (χ3v) is 4.44. The molecule has 3 rings (SSSR count). The van der Waals surface area contributed by atoms with Gasteiger partial charge in [0.2, 0.25) is 11.2 Å². The lowest BCUT2D eigenvalue weighted by Gasteiger charge is -2.13. The van der Waals surface area contributed by atoms with Gasteiger partial charge in [0.15, 0.2) is 6.61 Å². The van der Waals surface area contributed by atoms with E-state index in [1.807, 2.05) is 12.1 Å². The molecule has 1 N–H and O–H groups in total. The van der Waals surface area contributed by atoms with Crippen molar-refractivity contribution < 1.29 is 13.9 Å². The van der Waals surface area contributed by atoms with Crippen LogP contribution in [-0.4, -0.2) is 30.5 Å². The summed E-state index contributed by atoms with van der Waals surface area (Å²) in [6.07, 6.45) is 3.63. The number of hydrogen-bond donors (Lipinski definition) is 1. The fourth-order valence-corrected chi connectivity index (χ4v) is 2.91. The maximum atomic E-state index is 12.1. The zero-order chi connectivity index (χ0) is 18.4. The molecule has 1 aliphatic heterocycles. The van der Waals surface area contributed by atoms with Crippen LogP contribution < -0.4 is 15.5 Å². The van der Waals surface area contributed by atoms with Crippen LogP contribution >= 0.6 is 11.6 Å². The molecular formula is C19H21ClN2O4. The van der Waals surface area contributed by atoms with E-state index in [2.05, 4.69) is 10.2 Å². The molecule has 1 aromatic carbocycles. The second-order valence-electron chi connectivity index (χ2n) is 6.25. The standard InChI is InChI=1S/C19H21ClN2O4/c20-15-5-3-14(4-6-15)10-21-19(24)13-26-18-12-25-16(9-17(18)23)11-22-7-1-2-8-22/h3-6,9,12H,1-2,7-8,10-11,13H2,(H,21,24). The summed E-state index contributed by atoms with van der Waals surface area (Å²) in [5.74, 6) is 0.328. The second kappa shape index (κ2) is 8.87. The lowest BCUT2D eigenvalue weighted by Crippen LogP contribution is -2.29.